The van der Waals surface area contributed by atoms with Gasteiger partial charge in [-0.3, -0.25) is 9.59 Å². The number of benzene rings is 1. The molecule has 0 bridgehead atoms. The van der Waals surface area contributed by atoms with Crippen LogP contribution in [-0.4, -0.2) is 34.7 Å². The first kappa shape index (κ1) is 15.8. The molecule has 6 heteroatoms. The number of nitrogens with one attached hydrogen (secondary N) is 1. The molecule has 1 amide bonds. The Bertz CT molecular complexity index is 561. The van der Waals surface area contributed by atoms with Crippen molar-refractivity contribution in [3.63, 3.8) is 0 Å². The number of carbonyl (C=O) groups is 2. The van der Waals surface area contributed by atoms with E-state index < -0.39 is 18.0 Å². The second-order valence-corrected chi connectivity index (χ2v) is 5.92. The van der Waals surface area contributed by atoms with Crippen LogP contribution in [0.4, 0.5) is 0 Å². The topological polar surface area (TPSA) is 86.6 Å². The first-order chi connectivity index (χ1) is 9.88. The highest BCUT2D eigenvalue weighted by molar-refractivity contribution is 6.31. The summed E-state index contributed by atoms with van der Waals surface area (Å²) in [4.78, 5) is 22.9. The molecule has 5 nitrogen and oxygen atoms in total. The lowest BCUT2D eigenvalue weighted by Crippen LogP contribution is -2.32. The number of amides is 1. The summed E-state index contributed by atoms with van der Waals surface area (Å²) < 4.78 is 0. The highest BCUT2D eigenvalue weighted by Crippen LogP contribution is 2.31. The average Bonchev–Trinajstić information content (AvgIpc) is 2.81. The summed E-state index contributed by atoms with van der Waals surface area (Å²) >= 11 is 5.98. The van der Waals surface area contributed by atoms with Gasteiger partial charge in [0.25, 0.3) is 5.91 Å². The highest BCUT2D eigenvalue weighted by atomic mass is 35.5. The minimum atomic E-state index is -0.895. The van der Waals surface area contributed by atoms with Gasteiger partial charge in [0.2, 0.25) is 0 Å². The zero-order valence-electron chi connectivity index (χ0n) is 11.7. The minimum absolute atomic E-state index is 0.226. The summed E-state index contributed by atoms with van der Waals surface area (Å²) in [5.74, 6) is -1.93. The summed E-state index contributed by atoms with van der Waals surface area (Å²) in [6.45, 7) is 2.11. The normalized spacial score (nSPS) is 24.8. The van der Waals surface area contributed by atoms with E-state index >= 15 is 0 Å². The molecule has 21 heavy (non-hydrogen) atoms. The van der Waals surface area contributed by atoms with E-state index in [9.17, 15) is 14.7 Å². The largest absolute Gasteiger partial charge is 0.481 e. The summed E-state index contributed by atoms with van der Waals surface area (Å²) in [6.07, 6.45) is -0.0643. The smallest absolute Gasteiger partial charge is 0.306 e. The van der Waals surface area contributed by atoms with E-state index in [1.807, 2.05) is 6.92 Å². The first-order valence-corrected chi connectivity index (χ1v) is 7.21. The summed E-state index contributed by atoms with van der Waals surface area (Å²) in [5.41, 5.74) is 1.34. The van der Waals surface area contributed by atoms with Crippen molar-refractivity contribution < 1.29 is 19.8 Å². The van der Waals surface area contributed by atoms with E-state index in [0.717, 1.165) is 5.56 Å². The third-order valence-corrected chi connectivity index (χ3v) is 4.37. The van der Waals surface area contributed by atoms with Crippen molar-refractivity contribution >= 4 is 23.5 Å². The van der Waals surface area contributed by atoms with Crippen LogP contribution in [0.5, 0.6) is 0 Å². The van der Waals surface area contributed by atoms with Crippen molar-refractivity contribution in [1.29, 1.82) is 0 Å². The SMILES string of the molecule is Cc1ccc(C(=O)NC[C@H]2CC(C(=O)O)C[C@H]2O)cc1Cl. The fraction of sp³-hybridized carbons (Fsp3) is 0.467. The number of carbonyl (C=O) groups excluding carboxylic acids is 1. The fourth-order valence-electron chi connectivity index (χ4n) is 2.58. The highest BCUT2D eigenvalue weighted by Gasteiger charge is 2.36. The van der Waals surface area contributed by atoms with Gasteiger partial charge < -0.3 is 15.5 Å². The fourth-order valence-corrected chi connectivity index (χ4v) is 2.76. The number of hydrogen-bond acceptors (Lipinski definition) is 3. The van der Waals surface area contributed by atoms with Gasteiger partial charge in [0.15, 0.2) is 0 Å². The Balaban J connectivity index is 1.92. The van der Waals surface area contributed by atoms with Gasteiger partial charge in [-0.15, -0.1) is 0 Å². The third kappa shape index (κ3) is 3.74. The van der Waals surface area contributed by atoms with Crippen molar-refractivity contribution in [1.82, 2.24) is 5.32 Å². The Morgan fingerprint density at radius 2 is 2.10 bits per heavy atom. The Morgan fingerprint density at radius 3 is 2.67 bits per heavy atom. The number of aliphatic hydroxyl groups is 1. The number of rotatable bonds is 4. The van der Waals surface area contributed by atoms with Gasteiger partial charge >= 0.3 is 5.97 Å². The lowest BCUT2D eigenvalue weighted by Gasteiger charge is -2.15. The van der Waals surface area contributed by atoms with Gasteiger partial charge in [-0.25, -0.2) is 0 Å². The number of carboxylic acids is 1. The zero-order valence-corrected chi connectivity index (χ0v) is 12.4. The van der Waals surface area contributed by atoms with Crippen LogP contribution in [0.3, 0.4) is 0 Å². The molecule has 0 saturated heterocycles. The Kier molecular flexibility index (Phi) is 4.85. The molecule has 1 aromatic rings. The number of aliphatic hydroxyl groups excluding tert-OH is 1. The quantitative estimate of drug-likeness (QED) is 0.792. The van der Waals surface area contributed by atoms with Crippen molar-refractivity contribution in [2.24, 2.45) is 11.8 Å². The van der Waals surface area contributed by atoms with Gasteiger partial charge in [-0.2, -0.15) is 0 Å². The van der Waals surface area contributed by atoms with Gasteiger partial charge in [-0.1, -0.05) is 17.7 Å². The Morgan fingerprint density at radius 1 is 1.38 bits per heavy atom. The molecule has 0 radical (unpaired) electrons. The van der Waals surface area contributed by atoms with Gasteiger partial charge in [0, 0.05) is 23.0 Å². The standard InChI is InChI=1S/C15H18ClNO4/c1-8-2-3-9(5-12(8)16)14(19)17-7-11-4-10(15(20)21)6-13(11)18/h2-3,5,10-11,13,18H,4,6-7H2,1H3,(H,17,19)(H,20,21)/t10?,11-,13-/m1/s1. The summed E-state index contributed by atoms with van der Waals surface area (Å²) in [5, 5.41) is 22.0. The lowest BCUT2D eigenvalue weighted by molar-refractivity contribution is -0.141. The van der Waals surface area contributed by atoms with Crippen LogP contribution in [0.2, 0.25) is 5.02 Å². The predicted molar refractivity (Wildman–Crippen MR) is 78.4 cm³/mol. The summed E-state index contributed by atoms with van der Waals surface area (Å²) in [7, 11) is 0. The Hall–Kier alpha value is -1.59. The molecule has 1 saturated carbocycles. The molecule has 0 spiro atoms. The average molecular weight is 312 g/mol. The molecule has 3 atom stereocenters. The molecule has 1 aliphatic carbocycles. The van der Waals surface area contributed by atoms with Gasteiger partial charge in [0.1, 0.15) is 0 Å². The van der Waals surface area contributed by atoms with Crippen molar-refractivity contribution in [3.8, 4) is 0 Å². The van der Waals surface area contributed by atoms with E-state index in [0.29, 0.717) is 17.0 Å². The monoisotopic (exact) mass is 311 g/mol. The van der Waals surface area contributed by atoms with Crippen LogP contribution in [0.15, 0.2) is 18.2 Å². The van der Waals surface area contributed by atoms with Crippen LogP contribution in [-0.2, 0) is 4.79 Å². The molecular formula is C15H18ClNO4. The molecule has 0 aromatic heterocycles. The molecule has 0 aliphatic heterocycles. The van der Waals surface area contributed by atoms with E-state index in [1.165, 1.54) is 0 Å². The van der Waals surface area contributed by atoms with Gasteiger partial charge in [-0.05, 0) is 37.5 Å². The van der Waals surface area contributed by atoms with Crippen molar-refractivity contribution in [2.45, 2.75) is 25.9 Å². The molecule has 1 unspecified atom stereocenters. The second kappa shape index (κ2) is 6.45. The van der Waals surface area contributed by atoms with Crippen LogP contribution < -0.4 is 5.32 Å². The molecule has 1 aromatic carbocycles. The summed E-state index contributed by atoms with van der Waals surface area (Å²) in [6, 6.07) is 5.04. The molecule has 2 rings (SSSR count). The van der Waals surface area contributed by atoms with Gasteiger partial charge in [0.05, 0.1) is 12.0 Å². The third-order valence-electron chi connectivity index (χ3n) is 3.97. The maximum absolute atomic E-state index is 12.0. The Labute approximate surface area is 127 Å². The number of hydrogen-bond donors (Lipinski definition) is 3. The molecule has 1 fully saturated rings. The second-order valence-electron chi connectivity index (χ2n) is 5.51. The van der Waals surface area contributed by atoms with E-state index in [1.54, 1.807) is 18.2 Å². The molecule has 3 N–H and O–H groups in total. The van der Waals surface area contributed by atoms with E-state index in [-0.39, 0.29) is 24.8 Å². The lowest BCUT2D eigenvalue weighted by atomic mass is 10.0. The number of aliphatic carboxylic acids is 1. The van der Waals surface area contributed by atoms with Crippen LogP contribution >= 0.6 is 11.6 Å². The zero-order chi connectivity index (χ0) is 15.6. The maximum Gasteiger partial charge on any atom is 0.306 e. The molecule has 0 heterocycles. The van der Waals surface area contributed by atoms with E-state index in [4.69, 9.17) is 16.7 Å². The van der Waals surface area contributed by atoms with E-state index in [2.05, 4.69) is 5.32 Å². The maximum atomic E-state index is 12.0. The van der Waals surface area contributed by atoms with Crippen molar-refractivity contribution in [3.05, 3.63) is 34.3 Å². The predicted octanol–water partition coefficient (Wildman–Crippen LogP) is 1.85. The minimum Gasteiger partial charge on any atom is -0.481 e. The number of aryl methyl sites for hydroxylation is 1. The van der Waals surface area contributed by atoms with Crippen LogP contribution in [0.25, 0.3) is 0 Å². The van der Waals surface area contributed by atoms with Crippen LogP contribution in [0.1, 0.15) is 28.8 Å². The number of carboxylic acid groups (broad SMARTS) is 1. The van der Waals surface area contributed by atoms with Crippen molar-refractivity contribution in [2.75, 3.05) is 6.54 Å². The van der Waals surface area contributed by atoms with Crippen LogP contribution in [0, 0.1) is 18.8 Å². The molecule has 114 valence electrons. The first-order valence-electron chi connectivity index (χ1n) is 6.83. The number of halogens is 1. The molecular weight excluding hydrogens is 294 g/mol. The molecule has 1 aliphatic rings.